The van der Waals surface area contributed by atoms with Gasteiger partial charge in [-0.15, -0.1) is 0 Å². The summed E-state index contributed by atoms with van der Waals surface area (Å²) in [6.07, 6.45) is 6.53. The molecule has 1 fully saturated rings. The van der Waals surface area contributed by atoms with E-state index in [9.17, 15) is 5.11 Å². The number of aliphatic hydroxyl groups is 1. The molecule has 102 valence electrons. The molecule has 1 atom stereocenters. The van der Waals surface area contributed by atoms with Crippen LogP contribution in [0.3, 0.4) is 0 Å². The zero-order chi connectivity index (χ0) is 13.0. The highest BCUT2D eigenvalue weighted by Gasteiger charge is 2.29. The molecule has 1 N–H and O–H groups in total. The van der Waals surface area contributed by atoms with Crippen LogP contribution < -0.4 is 0 Å². The minimum absolute atomic E-state index is 0.478. The molecule has 1 aromatic rings. The lowest BCUT2D eigenvalue weighted by atomic mass is 9.89. The standard InChI is InChI=1S/C14H25N3O/c1-3-17-11-4-7-14(18,9-12-17)8-5-13-6-10-15-16(13)2/h6,10,18H,3-5,7-9,11-12H2,1-2H3. The highest BCUT2D eigenvalue weighted by molar-refractivity contribution is 5.01. The van der Waals surface area contributed by atoms with Crippen molar-refractivity contribution in [3.63, 3.8) is 0 Å². The van der Waals surface area contributed by atoms with Crippen molar-refractivity contribution in [3.05, 3.63) is 18.0 Å². The van der Waals surface area contributed by atoms with E-state index in [0.29, 0.717) is 0 Å². The van der Waals surface area contributed by atoms with Gasteiger partial charge in [0.25, 0.3) is 0 Å². The molecule has 0 radical (unpaired) electrons. The van der Waals surface area contributed by atoms with Crippen molar-refractivity contribution in [2.75, 3.05) is 19.6 Å². The average Bonchev–Trinajstić information content (AvgIpc) is 2.66. The van der Waals surface area contributed by atoms with E-state index in [1.54, 1.807) is 0 Å². The van der Waals surface area contributed by atoms with Crippen LogP contribution in [-0.2, 0) is 13.5 Å². The number of nitrogens with zero attached hydrogens (tertiary/aromatic N) is 3. The molecule has 1 aliphatic rings. The normalized spacial score (nSPS) is 26.2. The van der Waals surface area contributed by atoms with Crippen molar-refractivity contribution in [1.82, 2.24) is 14.7 Å². The van der Waals surface area contributed by atoms with Gasteiger partial charge in [-0.2, -0.15) is 5.10 Å². The molecule has 18 heavy (non-hydrogen) atoms. The second-order valence-corrected chi connectivity index (χ2v) is 5.46. The van der Waals surface area contributed by atoms with E-state index < -0.39 is 5.60 Å². The Morgan fingerprint density at radius 2 is 2.22 bits per heavy atom. The molecule has 1 unspecified atom stereocenters. The topological polar surface area (TPSA) is 41.3 Å². The Morgan fingerprint density at radius 1 is 1.39 bits per heavy atom. The lowest BCUT2D eigenvalue weighted by Crippen LogP contribution is -2.32. The van der Waals surface area contributed by atoms with Gasteiger partial charge in [0.05, 0.1) is 5.60 Å². The monoisotopic (exact) mass is 251 g/mol. The second-order valence-electron chi connectivity index (χ2n) is 5.46. The van der Waals surface area contributed by atoms with E-state index in [0.717, 1.165) is 51.7 Å². The molecular weight excluding hydrogens is 226 g/mol. The van der Waals surface area contributed by atoms with Gasteiger partial charge in [-0.1, -0.05) is 6.92 Å². The average molecular weight is 251 g/mol. The third-order valence-electron chi connectivity index (χ3n) is 4.23. The fraction of sp³-hybridized carbons (Fsp3) is 0.786. The number of aromatic nitrogens is 2. The summed E-state index contributed by atoms with van der Waals surface area (Å²) in [4.78, 5) is 2.43. The van der Waals surface area contributed by atoms with E-state index in [1.807, 2.05) is 24.0 Å². The Labute approximate surface area is 110 Å². The van der Waals surface area contributed by atoms with Gasteiger partial charge in [-0.3, -0.25) is 4.68 Å². The van der Waals surface area contributed by atoms with Gasteiger partial charge in [0.1, 0.15) is 0 Å². The molecule has 4 heteroatoms. The highest BCUT2D eigenvalue weighted by atomic mass is 16.3. The third kappa shape index (κ3) is 3.33. The van der Waals surface area contributed by atoms with Gasteiger partial charge >= 0.3 is 0 Å². The van der Waals surface area contributed by atoms with Gasteiger partial charge < -0.3 is 10.0 Å². The molecule has 0 aliphatic carbocycles. The quantitative estimate of drug-likeness (QED) is 0.883. The summed E-state index contributed by atoms with van der Waals surface area (Å²) in [7, 11) is 1.96. The molecule has 0 aromatic carbocycles. The molecule has 0 bridgehead atoms. The molecule has 4 nitrogen and oxygen atoms in total. The summed E-state index contributed by atoms with van der Waals surface area (Å²) in [6, 6.07) is 2.04. The fourth-order valence-electron chi connectivity index (χ4n) is 2.81. The summed E-state index contributed by atoms with van der Waals surface area (Å²) in [5, 5.41) is 14.9. The van der Waals surface area contributed by atoms with Crippen molar-refractivity contribution in [2.24, 2.45) is 7.05 Å². The van der Waals surface area contributed by atoms with Crippen molar-refractivity contribution >= 4 is 0 Å². The van der Waals surface area contributed by atoms with Crippen molar-refractivity contribution in [2.45, 2.75) is 44.6 Å². The first-order chi connectivity index (χ1) is 8.63. The zero-order valence-electron chi connectivity index (χ0n) is 11.6. The van der Waals surface area contributed by atoms with E-state index in [4.69, 9.17) is 0 Å². The number of rotatable bonds is 4. The van der Waals surface area contributed by atoms with Crippen molar-refractivity contribution < 1.29 is 5.11 Å². The Balaban J connectivity index is 1.89. The smallest absolute Gasteiger partial charge is 0.0664 e. The zero-order valence-corrected chi connectivity index (χ0v) is 11.6. The number of aryl methyl sites for hydroxylation is 2. The number of hydrogen-bond acceptors (Lipinski definition) is 3. The Bertz CT molecular complexity index is 377. The van der Waals surface area contributed by atoms with Gasteiger partial charge in [-0.05, 0) is 51.3 Å². The summed E-state index contributed by atoms with van der Waals surface area (Å²) >= 11 is 0. The molecule has 2 heterocycles. The van der Waals surface area contributed by atoms with Crippen LogP contribution in [0.4, 0.5) is 0 Å². The largest absolute Gasteiger partial charge is 0.390 e. The maximum absolute atomic E-state index is 10.7. The summed E-state index contributed by atoms with van der Waals surface area (Å²) in [5.74, 6) is 0. The SMILES string of the molecule is CCN1CCCC(O)(CCc2ccnn2C)CC1. The molecule has 1 aliphatic heterocycles. The van der Waals surface area contributed by atoms with Gasteiger partial charge in [0.2, 0.25) is 0 Å². The molecule has 0 saturated carbocycles. The van der Waals surface area contributed by atoms with E-state index in [2.05, 4.69) is 16.9 Å². The first kappa shape index (κ1) is 13.6. The van der Waals surface area contributed by atoms with Crippen LogP contribution in [0.5, 0.6) is 0 Å². The highest BCUT2D eigenvalue weighted by Crippen LogP contribution is 2.27. The van der Waals surface area contributed by atoms with Gasteiger partial charge in [-0.25, -0.2) is 0 Å². The molecule has 0 spiro atoms. The fourth-order valence-corrected chi connectivity index (χ4v) is 2.81. The Kier molecular flexibility index (Phi) is 4.40. The molecule has 2 rings (SSSR count). The predicted octanol–water partition coefficient (Wildman–Crippen LogP) is 1.59. The van der Waals surface area contributed by atoms with E-state index in [1.165, 1.54) is 5.69 Å². The minimum atomic E-state index is -0.478. The second kappa shape index (κ2) is 5.85. The lowest BCUT2D eigenvalue weighted by molar-refractivity contribution is 0.0170. The molecule has 1 saturated heterocycles. The number of likely N-dealkylation sites (tertiary alicyclic amines) is 1. The van der Waals surface area contributed by atoms with Crippen molar-refractivity contribution in [3.8, 4) is 0 Å². The first-order valence-corrected chi connectivity index (χ1v) is 7.04. The van der Waals surface area contributed by atoms with Crippen LogP contribution in [0.2, 0.25) is 0 Å². The van der Waals surface area contributed by atoms with E-state index >= 15 is 0 Å². The summed E-state index contributed by atoms with van der Waals surface area (Å²) < 4.78 is 1.90. The Morgan fingerprint density at radius 3 is 2.89 bits per heavy atom. The Hall–Kier alpha value is -0.870. The predicted molar refractivity (Wildman–Crippen MR) is 72.4 cm³/mol. The van der Waals surface area contributed by atoms with Crippen LogP contribution in [-0.4, -0.2) is 45.0 Å². The minimum Gasteiger partial charge on any atom is -0.390 e. The third-order valence-corrected chi connectivity index (χ3v) is 4.23. The van der Waals surface area contributed by atoms with Crippen LogP contribution in [0.15, 0.2) is 12.3 Å². The first-order valence-electron chi connectivity index (χ1n) is 7.04. The molecule has 0 amide bonds. The summed E-state index contributed by atoms with van der Waals surface area (Å²) in [5.41, 5.74) is 0.730. The number of hydrogen-bond donors (Lipinski definition) is 1. The van der Waals surface area contributed by atoms with Crippen LogP contribution in [0.1, 0.15) is 38.3 Å². The van der Waals surface area contributed by atoms with E-state index in [-0.39, 0.29) is 0 Å². The molecular formula is C14H25N3O. The maximum Gasteiger partial charge on any atom is 0.0664 e. The van der Waals surface area contributed by atoms with Crippen LogP contribution in [0.25, 0.3) is 0 Å². The van der Waals surface area contributed by atoms with Gasteiger partial charge in [0.15, 0.2) is 0 Å². The maximum atomic E-state index is 10.7. The van der Waals surface area contributed by atoms with Gasteiger partial charge in [0, 0.05) is 25.5 Å². The lowest BCUT2D eigenvalue weighted by Gasteiger charge is -2.26. The summed E-state index contributed by atoms with van der Waals surface area (Å²) in [6.45, 7) is 5.45. The van der Waals surface area contributed by atoms with Crippen molar-refractivity contribution in [1.29, 1.82) is 0 Å². The molecule has 1 aromatic heterocycles. The van der Waals surface area contributed by atoms with Crippen LogP contribution in [0, 0.1) is 0 Å². The van der Waals surface area contributed by atoms with Crippen LogP contribution >= 0.6 is 0 Å².